The van der Waals surface area contributed by atoms with Crippen molar-refractivity contribution >= 4 is 22.8 Å². The number of hydrogen-bond donors (Lipinski definition) is 1. The van der Waals surface area contributed by atoms with Gasteiger partial charge in [0.15, 0.2) is 5.78 Å². The topological polar surface area (TPSA) is 49.9 Å². The Bertz CT molecular complexity index is 1240. The molecule has 0 atom stereocenters. The first kappa shape index (κ1) is 17.6. The minimum absolute atomic E-state index is 0.0864. The lowest BCUT2D eigenvalue weighted by molar-refractivity contribution is 0.104. The van der Waals surface area contributed by atoms with E-state index < -0.39 is 11.3 Å². The minimum atomic E-state index is -0.439. The summed E-state index contributed by atoms with van der Waals surface area (Å²) >= 11 is 0. The summed E-state index contributed by atoms with van der Waals surface area (Å²) in [6, 6.07) is 22.6. The van der Waals surface area contributed by atoms with Crippen molar-refractivity contribution in [3.05, 3.63) is 112 Å². The summed E-state index contributed by atoms with van der Waals surface area (Å²) in [5.41, 5.74) is 2.39. The zero-order chi connectivity index (χ0) is 19.5. The number of pyridine rings is 1. The van der Waals surface area contributed by atoms with Crippen LogP contribution in [-0.2, 0) is 0 Å². The van der Waals surface area contributed by atoms with Gasteiger partial charge in [-0.05, 0) is 35.4 Å². The number of ketones is 1. The molecule has 136 valence electrons. The van der Waals surface area contributed by atoms with Crippen LogP contribution < -0.4 is 5.56 Å². The molecule has 4 heteroatoms. The van der Waals surface area contributed by atoms with E-state index in [-0.39, 0.29) is 11.4 Å². The fourth-order valence-electron chi connectivity index (χ4n) is 3.21. The molecule has 1 aromatic heterocycles. The monoisotopic (exact) mass is 369 g/mol. The lowest BCUT2D eigenvalue weighted by Crippen LogP contribution is -2.18. The lowest BCUT2D eigenvalue weighted by atomic mass is 9.94. The third-order valence-electron chi connectivity index (χ3n) is 4.53. The van der Waals surface area contributed by atoms with E-state index in [9.17, 15) is 14.0 Å². The normalized spacial score (nSPS) is 11.2. The Balaban J connectivity index is 1.88. The van der Waals surface area contributed by atoms with Crippen molar-refractivity contribution in [3.8, 4) is 11.1 Å². The van der Waals surface area contributed by atoms with Gasteiger partial charge in [0, 0.05) is 16.5 Å². The van der Waals surface area contributed by atoms with Crippen molar-refractivity contribution in [2.75, 3.05) is 0 Å². The van der Waals surface area contributed by atoms with Crippen molar-refractivity contribution in [1.82, 2.24) is 4.98 Å². The summed E-state index contributed by atoms with van der Waals surface area (Å²) < 4.78 is 13.1. The van der Waals surface area contributed by atoms with Gasteiger partial charge in [0.1, 0.15) is 5.82 Å². The van der Waals surface area contributed by atoms with Crippen LogP contribution in [0.3, 0.4) is 0 Å². The smallest absolute Gasteiger partial charge is 0.260 e. The SMILES string of the molecule is O=C(/C=C/c1ccc(F)cc1)c1c(-c2ccccc2)c2ccccc2[nH]c1=O. The molecule has 0 amide bonds. The Morgan fingerprint density at radius 2 is 1.54 bits per heavy atom. The summed E-state index contributed by atoms with van der Waals surface area (Å²) in [5.74, 6) is -0.754. The zero-order valence-corrected chi connectivity index (χ0v) is 14.9. The van der Waals surface area contributed by atoms with E-state index in [1.54, 1.807) is 18.2 Å². The molecule has 1 N–H and O–H groups in total. The molecule has 0 aliphatic rings. The van der Waals surface area contributed by atoms with Gasteiger partial charge in [0.05, 0.1) is 5.56 Å². The van der Waals surface area contributed by atoms with Crippen LogP contribution in [0.2, 0.25) is 0 Å². The average Bonchev–Trinajstić information content (AvgIpc) is 2.72. The second-order valence-electron chi connectivity index (χ2n) is 6.36. The van der Waals surface area contributed by atoms with Crippen molar-refractivity contribution in [2.24, 2.45) is 0 Å². The predicted molar refractivity (Wildman–Crippen MR) is 110 cm³/mol. The van der Waals surface area contributed by atoms with Crippen LogP contribution >= 0.6 is 0 Å². The third-order valence-corrected chi connectivity index (χ3v) is 4.53. The highest BCUT2D eigenvalue weighted by molar-refractivity contribution is 6.15. The second-order valence-corrected chi connectivity index (χ2v) is 6.36. The fourth-order valence-corrected chi connectivity index (χ4v) is 3.21. The maximum Gasteiger partial charge on any atom is 0.260 e. The highest BCUT2D eigenvalue weighted by atomic mass is 19.1. The number of rotatable bonds is 4. The molecule has 0 unspecified atom stereocenters. The van der Waals surface area contributed by atoms with E-state index in [4.69, 9.17) is 0 Å². The number of carbonyl (C=O) groups excluding carboxylic acids is 1. The minimum Gasteiger partial charge on any atom is -0.321 e. The number of hydrogen-bond acceptors (Lipinski definition) is 2. The molecule has 0 aliphatic heterocycles. The Hall–Kier alpha value is -3.79. The number of allylic oxidation sites excluding steroid dienone is 1. The number of para-hydroxylation sites is 1. The molecule has 4 aromatic rings. The van der Waals surface area contributed by atoms with Crippen LogP contribution in [0.4, 0.5) is 4.39 Å². The molecular formula is C24H16FNO2. The molecule has 3 nitrogen and oxygen atoms in total. The number of carbonyl (C=O) groups is 1. The lowest BCUT2D eigenvalue weighted by Gasteiger charge is -2.11. The van der Waals surface area contributed by atoms with Gasteiger partial charge in [-0.3, -0.25) is 9.59 Å². The van der Waals surface area contributed by atoms with E-state index in [2.05, 4.69) is 4.98 Å². The van der Waals surface area contributed by atoms with Crippen LogP contribution in [0.15, 0.2) is 89.7 Å². The summed E-state index contributed by atoms with van der Waals surface area (Å²) in [6.45, 7) is 0. The highest BCUT2D eigenvalue weighted by Gasteiger charge is 2.18. The standard InChI is InChI=1S/C24H16FNO2/c25-18-13-10-16(11-14-18)12-15-21(27)23-22(17-6-2-1-3-7-17)19-8-4-5-9-20(19)26-24(23)28/h1-15H,(H,26,28)/b15-12+. The van der Waals surface area contributed by atoms with Crippen molar-refractivity contribution in [1.29, 1.82) is 0 Å². The highest BCUT2D eigenvalue weighted by Crippen LogP contribution is 2.29. The van der Waals surface area contributed by atoms with Gasteiger partial charge in [-0.25, -0.2) is 4.39 Å². The number of benzene rings is 3. The van der Waals surface area contributed by atoms with Crippen LogP contribution in [0.25, 0.3) is 28.1 Å². The molecule has 3 aromatic carbocycles. The molecule has 28 heavy (non-hydrogen) atoms. The number of nitrogens with one attached hydrogen (secondary N) is 1. The largest absolute Gasteiger partial charge is 0.321 e. The Labute approximate surface area is 160 Å². The summed E-state index contributed by atoms with van der Waals surface area (Å²) in [7, 11) is 0. The van der Waals surface area contributed by atoms with Crippen molar-refractivity contribution in [2.45, 2.75) is 0 Å². The Kier molecular flexibility index (Phi) is 4.68. The number of aromatic nitrogens is 1. The first-order valence-electron chi connectivity index (χ1n) is 8.82. The van der Waals surface area contributed by atoms with Crippen LogP contribution in [0.1, 0.15) is 15.9 Å². The van der Waals surface area contributed by atoms with E-state index in [1.807, 2.05) is 54.6 Å². The van der Waals surface area contributed by atoms with Crippen LogP contribution in [0.5, 0.6) is 0 Å². The van der Waals surface area contributed by atoms with Crippen molar-refractivity contribution in [3.63, 3.8) is 0 Å². The van der Waals surface area contributed by atoms with E-state index >= 15 is 0 Å². The van der Waals surface area contributed by atoms with Gasteiger partial charge in [0.2, 0.25) is 0 Å². The van der Waals surface area contributed by atoms with E-state index in [0.717, 1.165) is 10.9 Å². The average molecular weight is 369 g/mol. The molecule has 0 bridgehead atoms. The summed E-state index contributed by atoms with van der Waals surface area (Å²) in [5, 5.41) is 0.798. The molecule has 0 radical (unpaired) electrons. The molecule has 0 aliphatic carbocycles. The molecule has 0 saturated carbocycles. The van der Waals surface area contributed by atoms with Gasteiger partial charge >= 0.3 is 0 Å². The number of fused-ring (bicyclic) bond motifs is 1. The predicted octanol–water partition coefficient (Wildman–Crippen LogP) is 5.23. The first-order valence-corrected chi connectivity index (χ1v) is 8.82. The van der Waals surface area contributed by atoms with Gasteiger partial charge in [-0.1, -0.05) is 66.7 Å². The zero-order valence-electron chi connectivity index (χ0n) is 14.9. The molecule has 1 heterocycles. The van der Waals surface area contributed by atoms with E-state index in [0.29, 0.717) is 16.6 Å². The molecular weight excluding hydrogens is 353 g/mol. The maximum absolute atomic E-state index is 13.1. The number of H-pyrrole nitrogens is 1. The molecule has 0 saturated heterocycles. The Morgan fingerprint density at radius 3 is 2.29 bits per heavy atom. The van der Waals surface area contributed by atoms with Gasteiger partial charge in [0.25, 0.3) is 5.56 Å². The van der Waals surface area contributed by atoms with Crippen molar-refractivity contribution < 1.29 is 9.18 Å². The first-order chi connectivity index (χ1) is 13.6. The van der Waals surface area contributed by atoms with E-state index in [1.165, 1.54) is 18.2 Å². The molecule has 0 fully saturated rings. The third kappa shape index (κ3) is 3.40. The Morgan fingerprint density at radius 1 is 0.857 bits per heavy atom. The van der Waals surface area contributed by atoms with Crippen LogP contribution in [0, 0.1) is 5.82 Å². The van der Waals surface area contributed by atoms with Gasteiger partial charge in [-0.2, -0.15) is 0 Å². The quantitative estimate of drug-likeness (QED) is 0.395. The number of halogens is 1. The molecule has 4 rings (SSSR count). The van der Waals surface area contributed by atoms with Gasteiger partial charge < -0.3 is 4.98 Å². The molecule has 0 spiro atoms. The number of aromatic amines is 1. The summed E-state index contributed by atoms with van der Waals surface area (Å²) in [6.07, 6.45) is 2.92. The van der Waals surface area contributed by atoms with Gasteiger partial charge in [-0.15, -0.1) is 0 Å². The fraction of sp³-hybridized carbons (Fsp3) is 0. The second kappa shape index (κ2) is 7.45. The maximum atomic E-state index is 13.1. The van der Waals surface area contributed by atoms with Crippen LogP contribution in [-0.4, -0.2) is 10.8 Å². The summed E-state index contributed by atoms with van der Waals surface area (Å²) in [4.78, 5) is 28.5.